The van der Waals surface area contributed by atoms with Crippen LogP contribution in [-0.4, -0.2) is 35.7 Å². The molecule has 0 aromatic heterocycles. The first-order valence-corrected chi connectivity index (χ1v) is 13.5. The molecule has 0 bridgehead atoms. The molecule has 1 aliphatic carbocycles. The highest BCUT2D eigenvalue weighted by Crippen LogP contribution is 2.29. The number of hydrogen-bond donors (Lipinski definition) is 3. The Morgan fingerprint density at radius 2 is 1.62 bits per heavy atom. The van der Waals surface area contributed by atoms with Gasteiger partial charge >= 0.3 is 12.0 Å². The highest BCUT2D eigenvalue weighted by molar-refractivity contribution is 6.35. The number of carbonyl (C=O) groups is 3. The largest absolute Gasteiger partial charge is 0.479 e. The topological polar surface area (TPSA) is 98.7 Å². The molecule has 3 N–H and O–H groups in total. The van der Waals surface area contributed by atoms with Gasteiger partial charge in [0, 0.05) is 27.0 Å². The highest BCUT2D eigenvalue weighted by Gasteiger charge is 2.20. The van der Waals surface area contributed by atoms with Crippen molar-refractivity contribution in [2.75, 3.05) is 16.8 Å². The molecule has 0 spiro atoms. The fraction of sp³-hybridized carbons (Fsp3) is 0.233. The molecule has 7 nitrogen and oxygen atoms in total. The first kappa shape index (κ1) is 29.1. The second-order valence-corrected chi connectivity index (χ2v) is 10.3. The van der Waals surface area contributed by atoms with Gasteiger partial charge in [-0.3, -0.25) is 9.69 Å². The summed E-state index contributed by atoms with van der Waals surface area (Å²) in [7, 11) is 0. The van der Waals surface area contributed by atoms with Crippen molar-refractivity contribution in [3.63, 3.8) is 0 Å². The molecule has 0 fully saturated rings. The van der Waals surface area contributed by atoms with Crippen LogP contribution in [0.5, 0.6) is 0 Å². The molecular weight excluding hydrogens is 556 g/mol. The number of hydrogen-bond acceptors (Lipinski definition) is 3. The quantitative estimate of drug-likeness (QED) is 0.245. The van der Waals surface area contributed by atoms with Crippen molar-refractivity contribution < 1.29 is 23.9 Å². The van der Waals surface area contributed by atoms with Crippen molar-refractivity contribution in [2.24, 2.45) is 0 Å². The maximum absolute atomic E-state index is 13.5. The highest BCUT2D eigenvalue weighted by atomic mass is 35.5. The van der Waals surface area contributed by atoms with E-state index in [-0.39, 0.29) is 12.1 Å². The number of carboxylic acids is 1. The molecule has 3 aromatic rings. The van der Waals surface area contributed by atoms with Crippen LogP contribution in [0.1, 0.15) is 47.2 Å². The normalized spacial score (nSPS) is 13.6. The van der Waals surface area contributed by atoms with E-state index in [0.29, 0.717) is 21.4 Å². The van der Waals surface area contributed by atoms with Gasteiger partial charge in [-0.25, -0.2) is 14.0 Å². The van der Waals surface area contributed by atoms with Crippen LogP contribution >= 0.6 is 23.2 Å². The van der Waals surface area contributed by atoms with Crippen LogP contribution in [-0.2, 0) is 11.3 Å². The number of amides is 3. The number of alkyl halides is 1. The van der Waals surface area contributed by atoms with E-state index in [4.69, 9.17) is 28.3 Å². The Morgan fingerprint density at radius 3 is 2.23 bits per heavy atom. The second-order valence-electron chi connectivity index (χ2n) is 9.41. The van der Waals surface area contributed by atoms with Crippen LogP contribution in [0, 0.1) is 0 Å². The smallest absolute Gasteiger partial charge is 0.340 e. The summed E-state index contributed by atoms with van der Waals surface area (Å²) in [6, 6.07) is 18.6. The third kappa shape index (κ3) is 7.83. The Balaban J connectivity index is 1.54. The van der Waals surface area contributed by atoms with E-state index < -0.39 is 30.6 Å². The van der Waals surface area contributed by atoms with Crippen LogP contribution in [0.15, 0.2) is 72.8 Å². The average Bonchev–Trinajstić information content (AvgIpc) is 2.94. The molecule has 1 aliphatic rings. The van der Waals surface area contributed by atoms with Crippen molar-refractivity contribution >= 4 is 58.1 Å². The molecule has 0 unspecified atom stereocenters. The van der Waals surface area contributed by atoms with Gasteiger partial charge in [-0.05, 0) is 84.8 Å². The molecule has 0 radical (unpaired) electrons. The molecule has 4 rings (SSSR count). The Morgan fingerprint density at radius 1 is 0.950 bits per heavy atom. The molecule has 0 saturated carbocycles. The molecule has 40 heavy (non-hydrogen) atoms. The standard InChI is InChI=1S/C30H28Cl2FN3O4/c31-23-14-24(32)16-25(15-23)35-30(40)36(26-12-10-21(11-13-26)20-4-2-1-3-5-20)18-19-6-8-22(9-7-19)28(37)34-17-27(33)29(38)39/h4,6-16,27H,1-3,5,17-18H2,(H,34,37)(H,35,40)(H,38,39)/t27-/m1/s1. The van der Waals surface area contributed by atoms with Crippen LogP contribution in [0.3, 0.4) is 0 Å². The van der Waals surface area contributed by atoms with Gasteiger partial charge in [-0.15, -0.1) is 0 Å². The minimum atomic E-state index is -2.19. The zero-order chi connectivity index (χ0) is 28.6. The first-order valence-electron chi connectivity index (χ1n) is 12.8. The van der Waals surface area contributed by atoms with E-state index in [1.807, 2.05) is 24.3 Å². The van der Waals surface area contributed by atoms with Crippen molar-refractivity contribution in [1.82, 2.24) is 5.32 Å². The number of anilines is 2. The summed E-state index contributed by atoms with van der Waals surface area (Å²) in [4.78, 5) is 38.0. The van der Waals surface area contributed by atoms with E-state index in [9.17, 15) is 18.8 Å². The number of halogens is 3. The molecule has 0 heterocycles. The minimum absolute atomic E-state index is 0.176. The average molecular weight is 584 g/mol. The third-order valence-electron chi connectivity index (χ3n) is 6.47. The van der Waals surface area contributed by atoms with Gasteiger partial charge in [-0.1, -0.05) is 53.5 Å². The third-order valence-corrected chi connectivity index (χ3v) is 6.90. The van der Waals surface area contributed by atoms with Crippen molar-refractivity contribution in [3.05, 3.63) is 99.5 Å². The predicted octanol–water partition coefficient (Wildman–Crippen LogP) is 7.34. The lowest BCUT2D eigenvalue weighted by molar-refractivity contribution is -0.142. The molecule has 208 valence electrons. The summed E-state index contributed by atoms with van der Waals surface area (Å²) in [6.07, 6.45) is 4.52. The van der Waals surface area contributed by atoms with E-state index in [1.165, 1.54) is 24.1 Å². The fourth-order valence-corrected chi connectivity index (χ4v) is 4.89. The van der Waals surface area contributed by atoms with Gasteiger partial charge in [0.05, 0.1) is 13.1 Å². The molecule has 1 atom stereocenters. The number of benzene rings is 3. The summed E-state index contributed by atoms with van der Waals surface area (Å²) in [5.41, 5.74) is 4.49. The Hall–Kier alpha value is -3.88. The van der Waals surface area contributed by atoms with Gasteiger partial charge in [0.25, 0.3) is 5.91 Å². The summed E-state index contributed by atoms with van der Waals surface area (Å²) in [5.74, 6) is -2.24. The van der Waals surface area contributed by atoms with Crippen LogP contribution in [0.4, 0.5) is 20.6 Å². The van der Waals surface area contributed by atoms with E-state index in [0.717, 1.165) is 30.4 Å². The lowest BCUT2D eigenvalue weighted by Gasteiger charge is -2.24. The fourth-order valence-electron chi connectivity index (χ4n) is 4.37. The zero-order valence-electron chi connectivity index (χ0n) is 21.5. The number of aliphatic carboxylic acids is 1. The van der Waals surface area contributed by atoms with Crippen LogP contribution < -0.4 is 15.5 Å². The van der Waals surface area contributed by atoms with E-state index in [1.54, 1.807) is 35.2 Å². The predicted molar refractivity (Wildman–Crippen MR) is 156 cm³/mol. The van der Waals surface area contributed by atoms with Crippen molar-refractivity contribution in [2.45, 2.75) is 38.4 Å². The Labute approximate surface area is 241 Å². The number of allylic oxidation sites excluding steroid dienone is 2. The lowest BCUT2D eigenvalue weighted by atomic mass is 9.93. The van der Waals surface area contributed by atoms with Gasteiger partial charge < -0.3 is 15.7 Å². The van der Waals surface area contributed by atoms with Gasteiger partial charge in [0.1, 0.15) is 0 Å². The van der Waals surface area contributed by atoms with Crippen LogP contribution in [0.25, 0.3) is 5.57 Å². The Bertz CT molecular complexity index is 1390. The second kappa shape index (κ2) is 13.5. The number of nitrogens with zero attached hydrogens (tertiary/aromatic N) is 1. The number of carbonyl (C=O) groups excluding carboxylic acids is 2. The molecule has 3 aromatic carbocycles. The van der Waals surface area contributed by atoms with E-state index >= 15 is 0 Å². The first-order chi connectivity index (χ1) is 19.2. The van der Waals surface area contributed by atoms with Gasteiger partial charge in [0.15, 0.2) is 0 Å². The number of carboxylic acid groups (broad SMARTS) is 1. The SMILES string of the molecule is O=C(NC[C@@H](F)C(=O)O)c1ccc(CN(C(=O)Nc2cc(Cl)cc(Cl)c2)c2ccc(C3=CCCCC3)cc2)cc1. The zero-order valence-corrected chi connectivity index (χ0v) is 23.0. The number of rotatable bonds is 9. The van der Waals surface area contributed by atoms with Gasteiger partial charge in [-0.2, -0.15) is 0 Å². The maximum atomic E-state index is 13.5. The van der Waals surface area contributed by atoms with Gasteiger partial charge in [0.2, 0.25) is 6.17 Å². The Kier molecular flexibility index (Phi) is 9.79. The molecule has 10 heteroatoms. The minimum Gasteiger partial charge on any atom is -0.479 e. The summed E-state index contributed by atoms with van der Waals surface area (Å²) < 4.78 is 13.3. The maximum Gasteiger partial charge on any atom is 0.340 e. The van der Waals surface area contributed by atoms with Crippen molar-refractivity contribution in [3.8, 4) is 0 Å². The molecule has 3 amide bonds. The van der Waals surface area contributed by atoms with Crippen molar-refractivity contribution in [1.29, 1.82) is 0 Å². The number of urea groups is 1. The summed E-state index contributed by atoms with van der Waals surface area (Å²) >= 11 is 12.2. The molecule has 0 saturated heterocycles. The molecule has 0 aliphatic heterocycles. The molecular formula is C30H28Cl2FN3O4. The lowest BCUT2D eigenvalue weighted by Crippen LogP contribution is -2.35. The van der Waals surface area contributed by atoms with Crippen LogP contribution in [0.2, 0.25) is 10.0 Å². The summed E-state index contributed by atoms with van der Waals surface area (Å²) in [6.45, 7) is -0.458. The van der Waals surface area contributed by atoms with E-state index in [2.05, 4.69) is 16.7 Å². The monoisotopic (exact) mass is 583 g/mol. The summed E-state index contributed by atoms with van der Waals surface area (Å²) in [5, 5.41) is 14.5. The number of nitrogens with one attached hydrogen (secondary N) is 2.